The summed E-state index contributed by atoms with van der Waals surface area (Å²) in [5.41, 5.74) is 4.97. The quantitative estimate of drug-likeness (QED) is 0.537. The van der Waals surface area contributed by atoms with Crippen LogP contribution in [0.2, 0.25) is 0 Å². The van der Waals surface area contributed by atoms with E-state index in [4.69, 9.17) is 9.15 Å². The summed E-state index contributed by atoms with van der Waals surface area (Å²) in [5.74, 6) is 0.625. The van der Waals surface area contributed by atoms with Gasteiger partial charge in [0.05, 0.1) is 13.3 Å². The van der Waals surface area contributed by atoms with E-state index in [1.807, 2.05) is 37.3 Å². The number of fused-ring (bicyclic) bond motifs is 1. The van der Waals surface area contributed by atoms with E-state index in [0.717, 1.165) is 26.7 Å². The molecule has 5 nitrogen and oxygen atoms in total. The van der Waals surface area contributed by atoms with Gasteiger partial charge in [0.1, 0.15) is 11.3 Å². The topological polar surface area (TPSA) is 63.8 Å². The van der Waals surface area contributed by atoms with E-state index in [9.17, 15) is 4.79 Å². The lowest BCUT2D eigenvalue weighted by Gasteiger charge is -2.04. The van der Waals surface area contributed by atoms with Crippen molar-refractivity contribution in [2.75, 3.05) is 7.11 Å². The molecule has 0 saturated carbocycles. The van der Waals surface area contributed by atoms with Crippen LogP contribution in [0.1, 0.15) is 21.7 Å². The van der Waals surface area contributed by atoms with Crippen LogP contribution in [0.25, 0.3) is 11.0 Å². The molecule has 0 unspecified atom stereocenters. The molecule has 1 aromatic heterocycles. The lowest BCUT2D eigenvalue weighted by Crippen LogP contribution is -2.16. The second kappa shape index (κ2) is 6.88. The number of carbonyl (C=O) groups is 1. The van der Waals surface area contributed by atoms with Crippen LogP contribution in [0.5, 0.6) is 5.75 Å². The maximum Gasteiger partial charge on any atom is 0.307 e. The number of carbonyl (C=O) groups excluding carboxylic acids is 1. The summed E-state index contributed by atoms with van der Waals surface area (Å²) in [4.78, 5) is 12.1. The zero-order valence-corrected chi connectivity index (χ0v) is 14.8. The van der Waals surface area contributed by atoms with Crippen molar-refractivity contribution in [3.05, 3.63) is 63.8 Å². The number of hydrogen-bond acceptors (Lipinski definition) is 4. The van der Waals surface area contributed by atoms with Crippen LogP contribution < -0.4 is 10.2 Å². The Morgan fingerprint density at radius 1 is 1.25 bits per heavy atom. The first-order valence-corrected chi connectivity index (χ1v) is 8.03. The number of aryl methyl sites for hydroxylation is 1. The zero-order valence-electron chi connectivity index (χ0n) is 13.2. The van der Waals surface area contributed by atoms with Crippen LogP contribution in [0.3, 0.4) is 0 Å². The van der Waals surface area contributed by atoms with E-state index >= 15 is 0 Å². The van der Waals surface area contributed by atoms with Gasteiger partial charge < -0.3 is 9.15 Å². The van der Waals surface area contributed by atoms with Gasteiger partial charge in [0, 0.05) is 9.86 Å². The number of benzene rings is 2. The Bertz CT molecular complexity index is 931. The van der Waals surface area contributed by atoms with Gasteiger partial charge in [-0.3, -0.25) is 4.79 Å². The van der Waals surface area contributed by atoms with Crippen LogP contribution in [0.15, 0.2) is 56.5 Å². The summed E-state index contributed by atoms with van der Waals surface area (Å²) in [6, 6.07) is 12.9. The maximum atomic E-state index is 12.1. The van der Waals surface area contributed by atoms with Gasteiger partial charge in [0.25, 0.3) is 0 Å². The number of ether oxygens (including phenoxy) is 1. The number of nitrogens with zero attached hydrogens (tertiary/aromatic N) is 1. The minimum Gasteiger partial charge on any atom is -0.496 e. The SMILES string of the molecule is COc1ccc(/C=N/NC(=O)c2cc3cc(Br)ccc3o2)cc1C. The molecule has 1 amide bonds. The molecule has 0 spiro atoms. The molecule has 24 heavy (non-hydrogen) atoms. The van der Waals surface area contributed by atoms with Crippen LogP contribution in [-0.4, -0.2) is 19.2 Å². The molecular weight excluding hydrogens is 372 g/mol. The Labute approximate surface area is 147 Å². The molecule has 0 radical (unpaired) electrons. The fourth-order valence-electron chi connectivity index (χ4n) is 2.33. The highest BCUT2D eigenvalue weighted by molar-refractivity contribution is 9.10. The maximum absolute atomic E-state index is 12.1. The lowest BCUT2D eigenvalue weighted by molar-refractivity contribution is 0.0929. The molecule has 3 aromatic rings. The lowest BCUT2D eigenvalue weighted by atomic mass is 10.1. The van der Waals surface area contributed by atoms with Crippen molar-refractivity contribution in [1.29, 1.82) is 0 Å². The van der Waals surface area contributed by atoms with E-state index in [-0.39, 0.29) is 5.76 Å². The molecule has 0 aliphatic rings. The van der Waals surface area contributed by atoms with Crippen LogP contribution in [-0.2, 0) is 0 Å². The van der Waals surface area contributed by atoms with E-state index in [1.54, 1.807) is 25.5 Å². The second-order valence-corrected chi connectivity index (χ2v) is 6.14. The predicted molar refractivity (Wildman–Crippen MR) is 96.7 cm³/mol. The van der Waals surface area contributed by atoms with Gasteiger partial charge >= 0.3 is 5.91 Å². The number of hydrazone groups is 1. The van der Waals surface area contributed by atoms with Crippen molar-refractivity contribution in [2.24, 2.45) is 5.10 Å². The first kappa shape index (κ1) is 16.3. The molecule has 3 rings (SSSR count). The Balaban J connectivity index is 1.71. The van der Waals surface area contributed by atoms with E-state index in [2.05, 4.69) is 26.5 Å². The second-order valence-electron chi connectivity index (χ2n) is 5.22. The molecule has 1 heterocycles. The average molecular weight is 387 g/mol. The van der Waals surface area contributed by atoms with Crippen molar-refractivity contribution < 1.29 is 13.9 Å². The third-order valence-electron chi connectivity index (χ3n) is 3.50. The number of furan rings is 1. The monoisotopic (exact) mass is 386 g/mol. The van der Waals surface area contributed by atoms with Gasteiger partial charge in [-0.15, -0.1) is 0 Å². The Kier molecular flexibility index (Phi) is 4.66. The summed E-state index contributed by atoms with van der Waals surface area (Å²) < 4.78 is 11.6. The van der Waals surface area contributed by atoms with Crippen LogP contribution in [0.4, 0.5) is 0 Å². The molecule has 1 N–H and O–H groups in total. The van der Waals surface area contributed by atoms with Gasteiger partial charge in [-0.25, -0.2) is 5.43 Å². The highest BCUT2D eigenvalue weighted by Crippen LogP contribution is 2.23. The minimum absolute atomic E-state index is 0.214. The highest BCUT2D eigenvalue weighted by atomic mass is 79.9. The number of halogens is 1. The number of nitrogens with one attached hydrogen (secondary N) is 1. The Hall–Kier alpha value is -2.60. The van der Waals surface area contributed by atoms with Gasteiger partial charge in [-0.1, -0.05) is 15.9 Å². The molecule has 0 fully saturated rings. The summed E-state index contributed by atoms with van der Waals surface area (Å²) >= 11 is 3.39. The first-order chi connectivity index (χ1) is 11.6. The molecule has 0 bridgehead atoms. The molecule has 0 aliphatic heterocycles. The van der Waals surface area contributed by atoms with Gasteiger partial charge in [0.2, 0.25) is 0 Å². The largest absolute Gasteiger partial charge is 0.496 e. The molecular formula is C18H15BrN2O3. The molecule has 0 saturated heterocycles. The predicted octanol–water partition coefficient (Wildman–Crippen LogP) is 4.28. The van der Waals surface area contributed by atoms with Crippen molar-refractivity contribution in [3.63, 3.8) is 0 Å². The van der Waals surface area contributed by atoms with Crippen LogP contribution >= 0.6 is 15.9 Å². The van der Waals surface area contributed by atoms with Crippen molar-refractivity contribution in [3.8, 4) is 5.75 Å². The van der Waals surface area contributed by atoms with Gasteiger partial charge in [0.15, 0.2) is 5.76 Å². The van der Waals surface area contributed by atoms with Gasteiger partial charge in [-0.05, 0) is 60.5 Å². The fourth-order valence-corrected chi connectivity index (χ4v) is 2.71. The molecule has 2 aromatic carbocycles. The summed E-state index contributed by atoms with van der Waals surface area (Å²) in [5, 5.41) is 4.82. The first-order valence-electron chi connectivity index (χ1n) is 7.24. The van der Waals surface area contributed by atoms with Crippen LogP contribution in [0, 0.1) is 6.92 Å². The number of amides is 1. The van der Waals surface area contributed by atoms with E-state index < -0.39 is 5.91 Å². The summed E-state index contributed by atoms with van der Waals surface area (Å²) in [7, 11) is 1.63. The van der Waals surface area contributed by atoms with E-state index in [0.29, 0.717) is 5.58 Å². The molecule has 0 atom stereocenters. The third-order valence-corrected chi connectivity index (χ3v) is 3.99. The van der Waals surface area contributed by atoms with Crippen molar-refractivity contribution >= 4 is 39.0 Å². The molecule has 122 valence electrons. The molecule has 6 heteroatoms. The number of hydrogen-bond donors (Lipinski definition) is 1. The normalized spacial score (nSPS) is 11.1. The van der Waals surface area contributed by atoms with Gasteiger partial charge in [-0.2, -0.15) is 5.10 Å². The minimum atomic E-state index is -0.399. The Morgan fingerprint density at radius 2 is 2.08 bits per heavy atom. The smallest absolute Gasteiger partial charge is 0.307 e. The highest BCUT2D eigenvalue weighted by Gasteiger charge is 2.11. The standard InChI is InChI=1S/C18H15BrN2O3/c1-11-7-12(3-5-15(11)23-2)10-20-21-18(22)17-9-13-8-14(19)4-6-16(13)24-17/h3-10H,1-2H3,(H,21,22)/b20-10+. The average Bonchev–Trinajstić information content (AvgIpc) is 2.98. The van der Waals surface area contributed by atoms with Crippen molar-refractivity contribution in [1.82, 2.24) is 5.43 Å². The molecule has 0 aliphatic carbocycles. The van der Waals surface area contributed by atoms with Crippen molar-refractivity contribution in [2.45, 2.75) is 6.92 Å². The summed E-state index contributed by atoms with van der Waals surface area (Å²) in [6.07, 6.45) is 1.57. The fraction of sp³-hybridized carbons (Fsp3) is 0.111. The van der Waals surface area contributed by atoms with E-state index in [1.165, 1.54) is 0 Å². The summed E-state index contributed by atoms with van der Waals surface area (Å²) in [6.45, 7) is 1.95. The Morgan fingerprint density at radius 3 is 2.83 bits per heavy atom. The number of rotatable bonds is 4. The number of methoxy groups -OCH3 is 1. The zero-order chi connectivity index (χ0) is 17.1. The third kappa shape index (κ3) is 3.49.